The Bertz CT molecular complexity index is 159. The molecule has 0 saturated carbocycles. The molecule has 0 spiro atoms. The molecule has 0 radical (unpaired) electrons. The number of fused-ring (bicyclic) bond motifs is 1. The van der Waals surface area contributed by atoms with Crippen LogP contribution in [0.1, 0.15) is 39.0 Å². The molecule has 2 saturated heterocycles. The largest absolute Gasteiger partial charge is 0.380 e. The lowest BCUT2D eigenvalue weighted by Gasteiger charge is -2.31. The van der Waals surface area contributed by atoms with Crippen LogP contribution in [-0.4, -0.2) is 36.7 Å². The summed E-state index contributed by atoms with van der Waals surface area (Å²) in [5.74, 6) is 0. The Hall–Kier alpha value is -0.0800. The van der Waals surface area contributed by atoms with Gasteiger partial charge in [-0.05, 0) is 45.2 Å². The summed E-state index contributed by atoms with van der Waals surface area (Å²) in [6.07, 6.45) is 6.66. The van der Waals surface area contributed by atoms with Crippen LogP contribution >= 0.6 is 0 Å². The van der Waals surface area contributed by atoms with Gasteiger partial charge in [0.25, 0.3) is 0 Å². The van der Waals surface area contributed by atoms with Crippen molar-refractivity contribution in [2.75, 3.05) is 26.3 Å². The summed E-state index contributed by atoms with van der Waals surface area (Å²) in [6.45, 7) is 6.74. The molecule has 2 heterocycles. The van der Waals surface area contributed by atoms with Crippen LogP contribution < -0.4 is 0 Å². The quantitative estimate of drug-likeness (QED) is 0.618. The van der Waals surface area contributed by atoms with Gasteiger partial charge in [0.15, 0.2) is 0 Å². The van der Waals surface area contributed by atoms with E-state index in [1.807, 2.05) is 0 Å². The van der Waals surface area contributed by atoms with Crippen LogP contribution in [0.15, 0.2) is 0 Å². The Kier molecular flexibility index (Phi) is 2.89. The lowest BCUT2D eigenvalue weighted by Crippen LogP contribution is -2.42. The fourth-order valence-corrected chi connectivity index (χ4v) is 2.87. The highest BCUT2D eigenvalue weighted by Crippen LogP contribution is 2.38. The predicted octanol–water partition coefficient (Wildman–Crippen LogP) is 2.04. The van der Waals surface area contributed by atoms with Gasteiger partial charge in [0.1, 0.15) is 0 Å². The third-order valence-electron chi connectivity index (χ3n) is 3.53. The number of nitrogens with zero attached hydrogens (tertiary/aromatic N) is 1. The Morgan fingerprint density at radius 2 is 1.92 bits per heavy atom. The molecule has 0 aromatic carbocycles. The maximum absolute atomic E-state index is 5.73. The Labute approximate surface area is 81.3 Å². The summed E-state index contributed by atoms with van der Waals surface area (Å²) in [5.41, 5.74) is 0.467. The van der Waals surface area contributed by atoms with E-state index in [-0.39, 0.29) is 0 Å². The minimum Gasteiger partial charge on any atom is -0.380 e. The van der Waals surface area contributed by atoms with E-state index in [9.17, 15) is 0 Å². The van der Waals surface area contributed by atoms with Crippen LogP contribution in [0.3, 0.4) is 0 Å². The normalized spacial score (nSPS) is 26.5. The molecule has 0 aromatic heterocycles. The van der Waals surface area contributed by atoms with E-state index in [0.717, 1.165) is 19.6 Å². The minimum atomic E-state index is 0.467. The summed E-state index contributed by atoms with van der Waals surface area (Å²) in [5, 5.41) is 0. The van der Waals surface area contributed by atoms with E-state index in [1.165, 1.54) is 38.8 Å². The summed E-state index contributed by atoms with van der Waals surface area (Å²) in [7, 11) is 0. The standard InChI is InChI=1S/C11H21NO/c1-2-9-13-10-11-5-3-7-12(11)8-4-6-11/h2-10H2,1H3. The van der Waals surface area contributed by atoms with Crippen molar-refractivity contribution >= 4 is 0 Å². The van der Waals surface area contributed by atoms with E-state index < -0.39 is 0 Å². The van der Waals surface area contributed by atoms with Gasteiger partial charge in [0.05, 0.1) is 6.61 Å². The second-order valence-electron chi connectivity index (χ2n) is 4.47. The first-order chi connectivity index (χ1) is 6.37. The Morgan fingerprint density at radius 1 is 1.23 bits per heavy atom. The molecule has 2 nitrogen and oxygen atoms in total. The first-order valence-electron chi connectivity index (χ1n) is 5.70. The first kappa shape index (κ1) is 9.47. The molecule has 2 heteroatoms. The van der Waals surface area contributed by atoms with Crippen molar-refractivity contribution in [3.05, 3.63) is 0 Å². The molecule has 0 bridgehead atoms. The van der Waals surface area contributed by atoms with E-state index in [1.54, 1.807) is 0 Å². The third kappa shape index (κ3) is 1.75. The summed E-state index contributed by atoms with van der Waals surface area (Å²) >= 11 is 0. The molecule has 0 unspecified atom stereocenters. The summed E-state index contributed by atoms with van der Waals surface area (Å²) < 4.78 is 5.73. The number of rotatable bonds is 4. The third-order valence-corrected chi connectivity index (χ3v) is 3.53. The van der Waals surface area contributed by atoms with E-state index in [0.29, 0.717) is 5.54 Å². The molecule has 2 rings (SSSR count). The van der Waals surface area contributed by atoms with Gasteiger partial charge in [-0.25, -0.2) is 0 Å². The van der Waals surface area contributed by atoms with Gasteiger partial charge in [-0.3, -0.25) is 4.90 Å². The smallest absolute Gasteiger partial charge is 0.0650 e. The maximum atomic E-state index is 5.73. The molecule has 2 aliphatic heterocycles. The molecule has 0 amide bonds. The zero-order chi connectivity index (χ0) is 9.15. The van der Waals surface area contributed by atoms with Crippen molar-refractivity contribution in [1.82, 2.24) is 4.90 Å². The molecule has 13 heavy (non-hydrogen) atoms. The van der Waals surface area contributed by atoms with Crippen molar-refractivity contribution in [2.24, 2.45) is 0 Å². The minimum absolute atomic E-state index is 0.467. The molecule has 2 fully saturated rings. The van der Waals surface area contributed by atoms with Crippen molar-refractivity contribution < 1.29 is 4.74 Å². The highest BCUT2D eigenvalue weighted by atomic mass is 16.5. The molecule has 0 atom stereocenters. The van der Waals surface area contributed by atoms with Crippen molar-refractivity contribution in [3.8, 4) is 0 Å². The van der Waals surface area contributed by atoms with Crippen LogP contribution in [0, 0.1) is 0 Å². The van der Waals surface area contributed by atoms with E-state index in [2.05, 4.69) is 11.8 Å². The van der Waals surface area contributed by atoms with E-state index in [4.69, 9.17) is 4.74 Å². The van der Waals surface area contributed by atoms with Crippen molar-refractivity contribution in [3.63, 3.8) is 0 Å². The fraction of sp³-hybridized carbons (Fsp3) is 1.00. The molecular formula is C11H21NO. The SMILES string of the molecule is CCCOCC12CCCN1CCC2. The Morgan fingerprint density at radius 3 is 2.54 bits per heavy atom. The fourth-order valence-electron chi connectivity index (χ4n) is 2.87. The maximum Gasteiger partial charge on any atom is 0.0650 e. The highest BCUT2D eigenvalue weighted by Gasteiger charge is 2.44. The second kappa shape index (κ2) is 3.97. The van der Waals surface area contributed by atoms with Crippen LogP contribution in [0.5, 0.6) is 0 Å². The molecule has 0 N–H and O–H groups in total. The van der Waals surface area contributed by atoms with Gasteiger partial charge in [-0.2, -0.15) is 0 Å². The monoisotopic (exact) mass is 183 g/mol. The molecule has 0 aromatic rings. The zero-order valence-electron chi connectivity index (χ0n) is 8.72. The first-order valence-corrected chi connectivity index (χ1v) is 5.70. The number of hydrogen-bond acceptors (Lipinski definition) is 2. The number of hydrogen-bond donors (Lipinski definition) is 0. The second-order valence-corrected chi connectivity index (χ2v) is 4.47. The molecule has 76 valence electrons. The molecule has 2 aliphatic rings. The molecular weight excluding hydrogens is 162 g/mol. The Balaban J connectivity index is 1.86. The van der Waals surface area contributed by atoms with Crippen molar-refractivity contribution in [2.45, 2.75) is 44.6 Å². The van der Waals surface area contributed by atoms with Crippen LogP contribution in [-0.2, 0) is 4.74 Å². The number of ether oxygens (including phenoxy) is 1. The topological polar surface area (TPSA) is 12.5 Å². The van der Waals surface area contributed by atoms with Gasteiger partial charge < -0.3 is 4.74 Å². The summed E-state index contributed by atoms with van der Waals surface area (Å²) in [4.78, 5) is 2.66. The van der Waals surface area contributed by atoms with Crippen LogP contribution in [0.4, 0.5) is 0 Å². The van der Waals surface area contributed by atoms with Crippen LogP contribution in [0.25, 0.3) is 0 Å². The predicted molar refractivity (Wildman–Crippen MR) is 53.9 cm³/mol. The summed E-state index contributed by atoms with van der Waals surface area (Å²) in [6, 6.07) is 0. The van der Waals surface area contributed by atoms with Gasteiger partial charge in [-0.1, -0.05) is 6.92 Å². The van der Waals surface area contributed by atoms with Gasteiger partial charge in [-0.15, -0.1) is 0 Å². The highest BCUT2D eigenvalue weighted by molar-refractivity contribution is 4.99. The van der Waals surface area contributed by atoms with E-state index >= 15 is 0 Å². The lowest BCUT2D eigenvalue weighted by molar-refractivity contribution is 0.0357. The van der Waals surface area contributed by atoms with Gasteiger partial charge in [0.2, 0.25) is 0 Å². The average molecular weight is 183 g/mol. The van der Waals surface area contributed by atoms with Gasteiger partial charge >= 0.3 is 0 Å². The van der Waals surface area contributed by atoms with Crippen LogP contribution in [0.2, 0.25) is 0 Å². The zero-order valence-corrected chi connectivity index (χ0v) is 8.72. The van der Waals surface area contributed by atoms with Gasteiger partial charge in [0, 0.05) is 12.1 Å². The average Bonchev–Trinajstić information content (AvgIpc) is 2.63. The lowest BCUT2D eigenvalue weighted by atomic mass is 9.95. The van der Waals surface area contributed by atoms with Crippen molar-refractivity contribution in [1.29, 1.82) is 0 Å². The molecule has 0 aliphatic carbocycles.